The SMILES string of the molecule is O=C(CCCSc1nnnn1-c1ccccc1)c1cccs1. The van der Waals surface area contributed by atoms with E-state index in [4.69, 9.17) is 0 Å². The van der Waals surface area contributed by atoms with Gasteiger partial charge in [0.15, 0.2) is 5.78 Å². The highest BCUT2D eigenvalue weighted by Crippen LogP contribution is 2.20. The Morgan fingerprint density at radius 2 is 2.05 bits per heavy atom. The summed E-state index contributed by atoms with van der Waals surface area (Å²) in [4.78, 5) is 12.7. The molecule has 0 aliphatic rings. The van der Waals surface area contributed by atoms with Crippen molar-refractivity contribution in [1.82, 2.24) is 20.2 Å². The molecule has 0 aliphatic carbocycles. The van der Waals surface area contributed by atoms with E-state index < -0.39 is 0 Å². The maximum atomic E-state index is 11.9. The van der Waals surface area contributed by atoms with Crippen LogP contribution in [0.15, 0.2) is 53.0 Å². The van der Waals surface area contributed by atoms with Crippen LogP contribution in [0.2, 0.25) is 0 Å². The molecule has 22 heavy (non-hydrogen) atoms. The number of thioether (sulfide) groups is 1. The van der Waals surface area contributed by atoms with E-state index >= 15 is 0 Å². The van der Waals surface area contributed by atoms with E-state index in [1.165, 1.54) is 11.3 Å². The molecule has 1 aromatic carbocycles. The highest BCUT2D eigenvalue weighted by Gasteiger charge is 2.10. The van der Waals surface area contributed by atoms with Crippen LogP contribution in [-0.4, -0.2) is 31.7 Å². The van der Waals surface area contributed by atoms with Crippen LogP contribution in [0.3, 0.4) is 0 Å². The number of ketones is 1. The first-order valence-electron chi connectivity index (χ1n) is 6.88. The van der Waals surface area contributed by atoms with Gasteiger partial charge in [-0.05, 0) is 40.4 Å². The molecule has 3 aromatic rings. The Hall–Kier alpha value is -1.99. The lowest BCUT2D eigenvalue weighted by Crippen LogP contribution is -2.00. The summed E-state index contributed by atoms with van der Waals surface area (Å²) in [6, 6.07) is 13.5. The van der Waals surface area contributed by atoms with Crippen molar-refractivity contribution >= 4 is 28.9 Å². The molecule has 3 rings (SSSR count). The summed E-state index contributed by atoms with van der Waals surface area (Å²) in [5.74, 6) is 1.02. The molecule has 0 unspecified atom stereocenters. The quantitative estimate of drug-likeness (QED) is 0.377. The van der Waals surface area contributed by atoms with Gasteiger partial charge in [0, 0.05) is 12.2 Å². The van der Waals surface area contributed by atoms with E-state index in [9.17, 15) is 4.79 Å². The van der Waals surface area contributed by atoms with Crippen LogP contribution < -0.4 is 0 Å². The second-order valence-electron chi connectivity index (χ2n) is 4.56. The number of nitrogens with zero attached hydrogens (tertiary/aromatic N) is 4. The maximum absolute atomic E-state index is 11.9. The third-order valence-corrected chi connectivity index (χ3v) is 4.93. The summed E-state index contributed by atoms with van der Waals surface area (Å²) in [6.07, 6.45) is 1.36. The molecule has 0 saturated heterocycles. The molecule has 2 aromatic heterocycles. The highest BCUT2D eigenvalue weighted by molar-refractivity contribution is 7.99. The van der Waals surface area contributed by atoms with Gasteiger partial charge in [-0.15, -0.1) is 16.4 Å². The Kier molecular flexibility index (Phi) is 4.97. The molecular formula is C15H14N4OS2. The number of benzene rings is 1. The third kappa shape index (κ3) is 3.61. The van der Waals surface area contributed by atoms with Crippen LogP contribution in [-0.2, 0) is 0 Å². The third-order valence-electron chi connectivity index (χ3n) is 3.02. The summed E-state index contributed by atoms with van der Waals surface area (Å²) in [5, 5.41) is 14.5. The topological polar surface area (TPSA) is 60.7 Å². The zero-order valence-electron chi connectivity index (χ0n) is 11.8. The van der Waals surface area contributed by atoms with E-state index in [0.29, 0.717) is 6.42 Å². The fourth-order valence-electron chi connectivity index (χ4n) is 1.96. The molecule has 0 N–H and O–H groups in total. The number of rotatable bonds is 7. The number of hydrogen-bond acceptors (Lipinski definition) is 6. The van der Waals surface area contributed by atoms with Gasteiger partial charge in [0.1, 0.15) is 0 Å². The molecule has 0 spiro atoms. The number of carbonyl (C=O) groups is 1. The van der Waals surface area contributed by atoms with Crippen molar-refractivity contribution in [2.45, 2.75) is 18.0 Å². The molecule has 0 amide bonds. The minimum absolute atomic E-state index is 0.207. The van der Waals surface area contributed by atoms with E-state index in [1.54, 1.807) is 16.4 Å². The lowest BCUT2D eigenvalue weighted by Gasteiger charge is -2.03. The van der Waals surface area contributed by atoms with Crippen molar-refractivity contribution < 1.29 is 4.79 Å². The predicted molar refractivity (Wildman–Crippen MR) is 87.8 cm³/mol. The maximum Gasteiger partial charge on any atom is 0.214 e. The molecule has 112 valence electrons. The Morgan fingerprint density at radius 3 is 2.82 bits per heavy atom. The van der Waals surface area contributed by atoms with Gasteiger partial charge in [-0.25, -0.2) is 0 Å². The second-order valence-corrected chi connectivity index (χ2v) is 6.57. The first-order chi connectivity index (χ1) is 10.8. The summed E-state index contributed by atoms with van der Waals surface area (Å²) in [5.41, 5.74) is 0.935. The van der Waals surface area contributed by atoms with Crippen molar-refractivity contribution in [2.75, 3.05) is 5.75 Å². The number of para-hydroxylation sites is 1. The van der Waals surface area contributed by atoms with Gasteiger partial charge >= 0.3 is 0 Å². The van der Waals surface area contributed by atoms with Crippen molar-refractivity contribution in [3.8, 4) is 5.69 Å². The number of hydrogen-bond donors (Lipinski definition) is 0. The molecule has 7 heteroatoms. The largest absolute Gasteiger partial charge is 0.293 e. The minimum Gasteiger partial charge on any atom is -0.293 e. The molecule has 0 radical (unpaired) electrons. The number of thiophene rings is 1. The van der Waals surface area contributed by atoms with Gasteiger partial charge in [0.25, 0.3) is 0 Å². The van der Waals surface area contributed by atoms with Gasteiger partial charge < -0.3 is 0 Å². The average Bonchev–Trinajstić information content (AvgIpc) is 3.23. The normalized spacial score (nSPS) is 10.7. The van der Waals surface area contributed by atoms with Crippen LogP contribution >= 0.6 is 23.1 Å². The zero-order valence-corrected chi connectivity index (χ0v) is 13.4. The van der Waals surface area contributed by atoms with Gasteiger partial charge in [0.2, 0.25) is 5.16 Å². The molecule has 0 saturated carbocycles. The van der Waals surface area contributed by atoms with Gasteiger partial charge in [-0.2, -0.15) is 4.68 Å². The smallest absolute Gasteiger partial charge is 0.214 e. The van der Waals surface area contributed by atoms with E-state index in [0.717, 1.165) is 27.9 Å². The Balaban J connectivity index is 1.53. The standard InChI is InChI=1S/C15H14N4OS2/c20-13(14-9-5-10-21-14)8-4-11-22-15-16-17-18-19(15)12-6-2-1-3-7-12/h1-3,5-7,9-10H,4,8,11H2. The average molecular weight is 330 g/mol. The fraction of sp³-hybridized carbons (Fsp3) is 0.200. The van der Waals surface area contributed by atoms with E-state index in [1.807, 2.05) is 47.8 Å². The van der Waals surface area contributed by atoms with Gasteiger partial charge in [-0.1, -0.05) is 36.0 Å². The first-order valence-corrected chi connectivity index (χ1v) is 8.74. The Bertz CT molecular complexity index is 725. The van der Waals surface area contributed by atoms with E-state index in [-0.39, 0.29) is 5.78 Å². The van der Waals surface area contributed by atoms with Gasteiger partial charge in [-0.3, -0.25) is 4.79 Å². The molecule has 0 aliphatic heterocycles. The van der Waals surface area contributed by atoms with Crippen LogP contribution in [0, 0.1) is 0 Å². The molecule has 0 atom stereocenters. The van der Waals surface area contributed by atoms with Gasteiger partial charge in [0.05, 0.1) is 10.6 Å². The number of carbonyl (C=O) groups excluding carboxylic acids is 1. The van der Waals surface area contributed by atoms with Crippen molar-refractivity contribution in [3.05, 3.63) is 52.7 Å². The molecule has 2 heterocycles. The Morgan fingerprint density at radius 1 is 1.18 bits per heavy atom. The molecule has 0 bridgehead atoms. The van der Waals surface area contributed by atoms with Crippen LogP contribution in [0.1, 0.15) is 22.5 Å². The van der Waals surface area contributed by atoms with Crippen molar-refractivity contribution in [3.63, 3.8) is 0 Å². The fourth-order valence-corrected chi connectivity index (χ4v) is 3.48. The minimum atomic E-state index is 0.207. The summed E-state index contributed by atoms with van der Waals surface area (Å²) in [6.45, 7) is 0. The number of Topliss-reactive ketones (excluding diaryl/α,β-unsaturated/α-hetero) is 1. The molecule has 5 nitrogen and oxygen atoms in total. The predicted octanol–water partition coefficient (Wildman–Crippen LogP) is 3.48. The van der Waals surface area contributed by atoms with Crippen molar-refractivity contribution in [2.24, 2.45) is 0 Å². The van der Waals surface area contributed by atoms with Crippen molar-refractivity contribution in [1.29, 1.82) is 0 Å². The first kappa shape index (κ1) is 14.9. The monoisotopic (exact) mass is 330 g/mol. The molecule has 0 fully saturated rings. The number of aromatic nitrogens is 4. The summed E-state index contributed by atoms with van der Waals surface area (Å²) >= 11 is 3.06. The Labute approximate surface area is 136 Å². The van der Waals surface area contributed by atoms with Crippen LogP contribution in [0.4, 0.5) is 0 Å². The lowest BCUT2D eigenvalue weighted by molar-refractivity contribution is 0.0986. The zero-order chi connectivity index (χ0) is 15.2. The lowest BCUT2D eigenvalue weighted by atomic mass is 10.2. The summed E-state index contributed by atoms with van der Waals surface area (Å²) in [7, 11) is 0. The molecular weight excluding hydrogens is 316 g/mol. The highest BCUT2D eigenvalue weighted by atomic mass is 32.2. The number of tetrazole rings is 1. The second kappa shape index (κ2) is 7.33. The van der Waals surface area contributed by atoms with Crippen LogP contribution in [0.25, 0.3) is 5.69 Å². The van der Waals surface area contributed by atoms with Crippen LogP contribution in [0.5, 0.6) is 0 Å². The van der Waals surface area contributed by atoms with E-state index in [2.05, 4.69) is 15.5 Å². The summed E-state index contributed by atoms with van der Waals surface area (Å²) < 4.78 is 1.71.